The molecule has 108 valence electrons. The molecule has 0 aliphatic heterocycles. The predicted molar refractivity (Wildman–Crippen MR) is 87.6 cm³/mol. The van der Waals surface area contributed by atoms with E-state index in [1.54, 1.807) is 0 Å². The van der Waals surface area contributed by atoms with E-state index in [1.807, 2.05) is 0 Å². The van der Waals surface area contributed by atoms with Crippen LogP contribution in [0.1, 0.15) is 46.2 Å². The van der Waals surface area contributed by atoms with Gasteiger partial charge in [-0.1, -0.05) is 41.1 Å². The lowest BCUT2D eigenvalue weighted by atomic mass is 10.1. The van der Waals surface area contributed by atoms with Crippen LogP contribution in [-0.4, -0.2) is 30.1 Å². The Bertz CT molecular complexity index is 385. The standard InChI is InChI=1S/C16H27BrN2/c1-6-19(12-11-18-16(3,4)5)13(2)14-9-7-8-10-15(14)17/h7-10,13,18H,6,11-12H2,1-5H3. The Kier molecular flexibility index (Phi) is 6.51. The molecule has 0 aliphatic carbocycles. The molecule has 1 atom stereocenters. The second-order valence-electron chi connectivity index (χ2n) is 6.00. The summed E-state index contributed by atoms with van der Waals surface area (Å²) in [6.07, 6.45) is 0. The van der Waals surface area contributed by atoms with Crippen molar-refractivity contribution in [1.29, 1.82) is 0 Å². The van der Waals surface area contributed by atoms with E-state index < -0.39 is 0 Å². The third-order valence-electron chi connectivity index (χ3n) is 3.36. The number of rotatable bonds is 6. The Morgan fingerprint density at radius 3 is 2.42 bits per heavy atom. The summed E-state index contributed by atoms with van der Waals surface area (Å²) in [7, 11) is 0. The second-order valence-corrected chi connectivity index (χ2v) is 6.86. The Morgan fingerprint density at radius 1 is 1.26 bits per heavy atom. The molecular weight excluding hydrogens is 300 g/mol. The summed E-state index contributed by atoms with van der Waals surface area (Å²) in [4.78, 5) is 2.50. The minimum absolute atomic E-state index is 0.190. The van der Waals surface area contributed by atoms with E-state index in [-0.39, 0.29) is 5.54 Å². The van der Waals surface area contributed by atoms with E-state index in [2.05, 4.69) is 85.0 Å². The van der Waals surface area contributed by atoms with Crippen molar-refractivity contribution in [2.24, 2.45) is 0 Å². The second kappa shape index (κ2) is 7.41. The molecule has 0 aliphatic rings. The summed E-state index contributed by atoms with van der Waals surface area (Å²) >= 11 is 3.65. The number of nitrogens with one attached hydrogen (secondary N) is 1. The van der Waals surface area contributed by atoms with Gasteiger partial charge in [0.25, 0.3) is 0 Å². The van der Waals surface area contributed by atoms with Crippen LogP contribution in [0.5, 0.6) is 0 Å². The highest BCUT2D eigenvalue weighted by molar-refractivity contribution is 9.10. The molecular formula is C16H27BrN2. The number of nitrogens with zero attached hydrogens (tertiary/aromatic N) is 1. The van der Waals surface area contributed by atoms with Gasteiger partial charge in [-0.3, -0.25) is 4.90 Å². The molecule has 0 spiro atoms. The summed E-state index contributed by atoms with van der Waals surface area (Å²) in [6, 6.07) is 8.93. The Hall–Kier alpha value is -0.380. The summed E-state index contributed by atoms with van der Waals surface area (Å²) in [5, 5.41) is 3.55. The van der Waals surface area contributed by atoms with Gasteiger partial charge in [0, 0.05) is 29.1 Å². The molecule has 0 saturated heterocycles. The highest BCUT2D eigenvalue weighted by Gasteiger charge is 2.17. The van der Waals surface area contributed by atoms with Crippen molar-refractivity contribution >= 4 is 15.9 Å². The van der Waals surface area contributed by atoms with Crippen LogP contribution in [0.15, 0.2) is 28.7 Å². The van der Waals surface area contributed by atoms with Crippen LogP contribution >= 0.6 is 15.9 Å². The molecule has 0 bridgehead atoms. The minimum Gasteiger partial charge on any atom is -0.311 e. The monoisotopic (exact) mass is 326 g/mol. The Labute approximate surface area is 126 Å². The van der Waals surface area contributed by atoms with Crippen LogP contribution in [0, 0.1) is 0 Å². The summed E-state index contributed by atoms with van der Waals surface area (Å²) in [6.45, 7) is 14.3. The van der Waals surface area contributed by atoms with Gasteiger partial charge in [0.05, 0.1) is 0 Å². The molecule has 0 aromatic heterocycles. The molecule has 1 rings (SSSR count). The number of likely N-dealkylation sites (N-methyl/N-ethyl adjacent to an activating group) is 1. The quantitative estimate of drug-likeness (QED) is 0.841. The highest BCUT2D eigenvalue weighted by atomic mass is 79.9. The molecule has 1 aromatic carbocycles. The van der Waals surface area contributed by atoms with E-state index in [0.717, 1.165) is 19.6 Å². The predicted octanol–water partition coefficient (Wildman–Crippen LogP) is 4.22. The fourth-order valence-corrected chi connectivity index (χ4v) is 2.83. The van der Waals surface area contributed by atoms with Crippen LogP contribution < -0.4 is 5.32 Å². The first kappa shape index (κ1) is 16.7. The van der Waals surface area contributed by atoms with Crippen LogP contribution in [0.3, 0.4) is 0 Å². The van der Waals surface area contributed by atoms with Crippen LogP contribution in [0.4, 0.5) is 0 Å². The average Bonchev–Trinajstić information content (AvgIpc) is 2.33. The van der Waals surface area contributed by atoms with Gasteiger partial charge in [-0.05, 0) is 45.9 Å². The number of halogens is 1. The molecule has 0 fully saturated rings. The van der Waals surface area contributed by atoms with Gasteiger partial charge in [-0.25, -0.2) is 0 Å². The maximum absolute atomic E-state index is 3.65. The maximum atomic E-state index is 3.65. The SMILES string of the molecule is CCN(CCNC(C)(C)C)C(C)c1ccccc1Br. The van der Waals surface area contributed by atoms with E-state index >= 15 is 0 Å². The van der Waals surface area contributed by atoms with Crippen molar-refractivity contribution in [3.8, 4) is 0 Å². The third kappa shape index (κ3) is 5.64. The number of hydrogen-bond acceptors (Lipinski definition) is 2. The van der Waals surface area contributed by atoms with E-state index in [1.165, 1.54) is 10.0 Å². The smallest absolute Gasteiger partial charge is 0.0331 e. The van der Waals surface area contributed by atoms with E-state index in [0.29, 0.717) is 6.04 Å². The van der Waals surface area contributed by atoms with E-state index in [4.69, 9.17) is 0 Å². The molecule has 0 amide bonds. The first-order chi connectivity index (χ1) is 8.85. The lowest BCUT2D eigenvalue weighted by Gasteiger charge is -2.30. The van der Waals surface area contributed by atoms with Crippen molar-refractivity contribution in [1.82, 2.24) is 10.2 Å². The van der Waals surface area contributed by atoms with E-state index in [9.17, 15) is 0 Å². The van der Waals surface area contributed by atoms with Crippen molar-refractivity contribution in [3.63, 3.8) is 0 Å². The number of benzene rings is 1. The van der Waals surface area contributed by atoms with Gasteiger partial charge in [0.2, 0.25) is 0 Å². The van der Waals surface area contributed by atoms with Crippen LogP contribution in [0.25, 0.3) is 0 Å². The minimum atomic E-state index is 0.190. The molecule has 1 unspecified atom stereocenters. The molecule has 2 nitrogen and oxygen atoms in total. The lowest BCUT2D eigenvalue weighted by molar-refractivity contribution is 0.214. The molecule has 1 N–H and O–H groups in total. The average molecular weight is 327 g/mol. The fourth-order valence-electron chi connectivity index (χ4n) is 2.21. The molecule has 0 saturated carbocycles. The zero-order valence-corrected chi connectivity index (χ0v) is 14.4. The normalized spacial score (nSPS) is 13.8. The van der Waals surface area contributed by atoms with Crippen molar-refractivity contribution < 1.29 is 0 Å². The zero-order valence-electron chi connectivity index (χ0n) is 12.8. The fraction of sp³-hybridized carbons (Fsp3) is 0.625. The summed E-state index contributed by atoms with van der Waals surface area (Å²) in [5.41, 5.74) is 1.55. The summed E-state index contributed by atoms with van der Waals surface area (Å²) < 4.78 is 1.20. The Morgan fingerprint density at radius 2 is 1.89 bits per heavy atom. The third-order valence-corrected chi connectivity index (χ3v) is 4.09. The Balaban J connectivity index is 2.62. The maximum Gasteiger partial charge on any atom is 0.0331 e. The topological polar surface area (TPSA) is 15.3 Å². The van der Waals surface area contributed by atoms with Crippen LogP contribution in [0.2, 0.25) is 0 Å². The molecule has 0 heterocycles. The van der Waals surface area contributed by atoms with Gasteiger partial charge < -0.3 is 5.32 Å². The van der Waals surface area contributed by atoms with Crippen molar-refractivity contribution in [2.45, 2.75) is 46.2 Å². The van der Waals surface area contributed by atoms with Gasteiger partial charge in [-0.15, -0.1) is 0 Å². The lowest BCUT2D eigenvalue weighted by Crippen LogP contribution is -2.42. The molecule has 1 aromatic rings. The first-order valence-electron chi connectivity index (χ1n) is 7.08. The largest absolute Gasteiger partial charge is 0.311 e. The van der Waals surface area contributed by atoms with Crippen molar-refractivity contribution in [3.05, 3.63) is 34.3 Å². The molecule has 0 radical (unpaired) electrons. The highest BCUT2D eigenvalue weighted by Crippen LogP contribution is 2.26. The molecule has 3 heteroatoms. The van der Waals surface area contributed by atoms with Gasteiger partial charge in [-0.2, -0.15) is 0 Å². The van der Waals surface area contributed by atoms with Gasteiger partial charge >= 0.3 is 0 Å². The first-order valence-corrected chi connectivity index (χ1v) is 7.88. The van der Waals surface area contributed by atoms with Crippen molar-refractivity contribution in [2.75, 3.05) is 19.6 Å². The zero-order chi connectivity index (χ0) is 14.5. The van der Waals surface area contributed by atoms with Gasteiger partial charge in [0.15, 0.2) is 0 Å². The number of hydrogen-bond donors (Lipinski definition) is 1. The van der Waals surface area contributed by atoms with Gasteiger partial charge in [0.1, 0.15) is 0 Å². The molecule has 19 heavy (non-hydrogen) atoms. The van der Waals surface area contributed by atoms with Crippen LogP contribution in [-0.2, 0) is 0 Å². The summed E-state index contributed by atoms with van der Waals surface area (Å²) in [5.74, 6) is 0.